The maximum absolute atomic E-state index is 10.4. The van der Waals surface area contributed by atoms with E-state index in [1.165, 1.54) is 0 Å². The first kappa shape index (κ1) is 28.8. The summed E-state index contributed by atoms with van der Waals surface area (Å²) in [4.78, 5) is 0. The topological polar surface area (TPSA) is 180 Å². The van der Waals surface area contributed by atoms with Crippen LogP contribution in [0.25, 0.3) is 12.2 Å². The predicted octanol–water partition coefficient (Wildman–Crippen LogP) is -0.496. The summed E-state index contributed by atoms with van der Waals surface area (Å²) in [5, 5.41) is 80.1. The highest BCUT2D eigenvalue weighted by atomic mass is 16.6. The van der Waals surface area contributed by atoms with Crippen LogP contribution in [0, 0.1) is 13.8 Å². The molecule has 0 amide bonds. The summed E-state index contributed by atoms with van der Waals surface area (Å²) in [7, 11) is 0. The number of hydrogen-bond acceptors (Lipinski definition) is 10. The number of aliphatic hydroxyl groups is 8. The number of aryl methyl sites for hydroxylation is 2. The molecule has 0 spiro atoms. The van der Waals surface area contributed by atoms with Gasteiger partial charge in [-0.05, 0) is 47.2 Å². The second kappa shape index (κ2) is 11.9. The van der Waals surface area contributed by atoms with Crippen molar-refractivity contribution in [3.05, 3.63) is 69.8 Å². The standard InChI is InChI=1S/C28H36O10/c1-13-9-15(5-7-17(13)27-25(35)23(33)21(31)19(11-29)37-27)3-4-16-6-8-18(14(2)10-16)28-26(36)24(34)22(32)20(12-30)38-28/h3-10,19-36H,11-12H2,1-2H3/b4-3+/t19?,20?,21-,22-,23?,24?,25?,26?,27-,28-/m1/s1. The number of ether oxygens (including phenoxy) is 2. The van der Waals surface area contributed by atoms with E-state index in [0.29, 0.717) is 11.1 Å². The molecule has 2 aromatic rings. The Balaban J connectivity index is 1.50. The summed E-state index contributed by atoms with van der Waals surface area (Å²) in [6, 6.07) is 11.0. The van der Waals surface area contributed by atoms with E-state index in [1.54, 1.807) is 12.1 Å². The minimum atomic E-state index is -1.45. The molecule has 2 heterocycles. The smallest absolute Gasteiger partial charge is 0.113 e. The maximum Gasteiger partial charge on any atom is 0.113 e. The molecule has 10 atom stereocenters. The Bertz CT molecular complexity index is 1050. The average Bonchev–Trinajstić information content (AvgIpc) is 2.90. The molecule has 2 aliphatic heterocycles. The minimum Gasteiger partial charge on any atom is -0.394 e. The SMILES string of the molecule is Cc1cc(/C=C/c2ccc([C@H]3OC(CO)[C@@H](O)C(O)C3O)c(C)c2)ccc1[C@H]1OC(CO)[C@@H](O)C(O)C1O. The lowest BCUT2D eigenvalue weighted by Gasteiger charge is -2.40. The van der Waals surface area contributed by atoms with Gasteiger partial charge in [0.15, 0.2) is 0 Å². The van der Waals surface area contributed by atoms with Gasteiger partial charge in [0, 0.05) is 0 Å². The minimum absolute atomic E-state index is 0.490. The van der Waals surface area contributed by atoms with E-state index >= 15 is 0 Å². The molecule has 2 saturated heterocycles. The molecule has 2 fully saturated rings. The number of rotatable bonds is 6. The van der Waals surface area contributed by atoms with Crippen LogP contribution in [0.15, 0.2) is 36.4 Å². The summed E-state index contributed by atoms with van der Waals surface area (Å²) in [5.74, 6) is 0. The third-order valence-corrected chi connectivity index (χ3v) is 7.45. The molecule has 0 aromatic heterocycles. The molecule has 6 unspecified atom stereocenters. The first-order valence-electron chi connectivity index (χ1n) is 12.6. The highest BCUT2D eigenvalue weighted by molar-refractivity contribution is 5.70. The number of benzene rings is 2. The predicted molar refractivity (Wildman–Crippen MR) is 137 cm³/mol. The van der Waals surface area contributed by atoms with Crippen LogP contribution in [-0.2, 0) is 9.47 Å². The van der Waals surface area contributed by atoms with Gasteiger partial charge in [-0.25, -0.2) is 0 Å². The Morgan fingerprint density at radius 3 is 1.26 bits per heavy atom. The Morgan fingerprint density at radius 1 is 0.579 bits per heavy atom. The molecule has 38 heavy (non-hydrogen) atoms. The molecule has 4 rings (SSSR count). The molecule has 2 aromatic carbocycles. The van der Waals surface area contributed by atoms with Crippen molar-refractivity contribution in [2.75, 3.05) is 13.2 Å². The Labute approximate surface area is 220 Å². The Kier molecular flexibility index (Phi) is 9.00. The normalized spacial score (nSPS) is 36.1. The molecule has 0 aliphatic carbocycles. The van der Waals surface area contributed by atoms with Crippen LogP contribution < -0.4 is 0 Å². The molecule has 0 saturated carbocycles. The van der Waals surface area contributed by atoms with Gasteiger partial charge in [-0.3, -0.25) is 0 Å². The van der Waals surface area contributed by atoms with Gasteiger partial charge < -0.3 is 50.3 Å². The van der Waals surface area contributed by atoms with Crippen molar-refractivity contribution in [1.82, 2.24) is 0 Å². The zero-order valence-electron chi connectivity index (χ0n) is 21.2. The van der Waals surface area contributed by atoms with E-state index in [0.717, 1.165) is 22.3 Å². The van der Waals surface area contributed by atoms with Crippen molar-refractivity contribution in [2.24, 2.45) is 0 Å². The zero-order chi connectivity index (χ0) is 27.7. The van der Waals surface area contributed by atoms with Crippen molar-refractivity contribution in [1.29, 1.82) is 0 Å². The number of aliphatic hydroxyl groups excluding tert-OH is 8. The quantitative estimate of drug-likeness (QED) is 0.226. The van der Waals surface area contributed by atoms with E-state index in [1.807, 2.05) is 50.3 Å². The fourth-order valence-corrected chi connectivity index (χ4v) is 5.15. The van der Waals surface area contributed by atoms with E-state index in [9.17, 15) is 40.9 Å². The van der Waals surface area contributed by atoms with Gasteiger partial charge in [-0.1, -0.05) is 48.6 Å². The number of hydrogen-bond donors (Lipinski definition) is 8. The lowest BCUT2D eigenvalue weighted by Crippen LogP contribution is -2.55. The van der Waals surface area contributed by atoms with Gasteiger partial charge in [0.1, 0.15) is 61.0 Å². The molecule has 0 bridgehead atoms. The van der Waals surface area contributed by atoms with Crippen LogP contribution in [-0.4, -0.2) is 103 Å². The van der Waals surface area contributed by atoms with Crippen molar-refractivity contribution < 1.29 is 50.3 Å². The van der Waals surface area contributed by atoms with Gasteiger partial charge in [-0.2, -0.15) is 0 Å². The Morgan fingerprint density at radius 2 is 0.947 bits per heavy atom. The third-order valence-electron chi connectivity index (χ3n) is 7.45. The molecule has 10 nitrogen and oxygen atoms in total. The monoisotopic (exact) mass is 532 g/mol. The van der Waals surface area contributed by atoms with Crippen LogP contribution in [0.4, 0.5) is 0 Å². The second-order valence-electron chi connectivity index (χ2n) is 10.1. The highest BCUT2D eigenvalue weighted by Crippen LogP contribution is 2.36. The fraction of sp³-hybridized carbons (Fsp3) is 0.500. The summed E-state index contributed by atoms with van der Waals surface area (Å²) in [6.45, 7) is 2.70. The van der Waals surface area contributed by atoms with Gasteiger partial charge in [0.2, 0.25) is 0 Å². The van der Waals surface area contributed by atoms with Gasteiger partial charge in [0.25, 0.3) is 0 Å². The van der Waals surface area contributed by atoms with Gasteiger partial charge in [-0.15, -0.1) is 0 Å². The van der Waals surface area contributed by atoms with Gasteiger partial charge in [0.05, 0.1) is 13.2 Å². The van der Waals surface area contributed by atoms with Crippen LogP contribution in [0.3, 0.4) is 0 Å². The molecular weight excluding hydrogens is 496 g/mol. The average molecular weight is 533 g/mol. The van der Waals surface area contributed by atoms with E-state index in [-0.39, 0.29) is 0 Å². The first-order chi connectivity index (χ1) is 18.1. The largest absolute Gasteiger partial charge is 0.394 e. The van der Waals surface area contributed by atoms with Crippen molar-refractivity contribution in [3.63, 3.8) is 0 Å². The van der Waals surface area contributed by atoms with Crippen molar-refractivity contribution in [2.45, 2.75) is 74.9 Å². The van der Waals surface area contributed by atoms with E-state index < -0.39 is 74.3 Å². The molecular formula is C28H36O10. The summed E-state index contributed by atoms with van der Waals surface area (Å²) in [5.41, 5.74) is 4.60. The molecule has 208 valence electrons. The van der Waals surface area contributed by atoms with Gasteiger partial charge >= 0.3 is 0 Å². The van der Waals surface area contributed by atoms with Crippen LogP contribution >= 0.6 is 0 Å². The zero-order valence-corrected chi connectivity index (χ0v) is 21.2. The lowest BCUT2D eigenvalue weighted by molar-refractivity contribution is -0.231. The van der Waals surface area contributed by atoms with Crippen LogP contribution in [0.5, 0.6) is 0 Å². The van der Waals surface area contributed by atoms with Crippen molar-refractivity contribution >= 4 is 12.2 Å². The first-order valence-corrected chi connectivity index (χ1v) is 12.6. The highest BCUT2D eigenvalue weighted by Gasteiger charge is 2.45. The third kappa shape index (κ3) is 5.56. The summed E-state index contributed by atoms with van der Waals surface area (Å²) < 4.78 is 11.4. The van der Waals surface area contributed by atoms with E-state index in [4.69, 9.17) is 9.47 Å². The van der Waals surface area contributed by atoms with E-state index in [2.05, 4.69) is 0 Å². The summed E-state index contributed by atoms with van der Waals surface area (Å²) >= 11 is 0. The second-order valence-corrected chi connectivity index (χ2v) is 10.1. The van der Waals surface area contributed by atoms with Crippen LogP contribution in [0.2, 0.25) is 0 Å². The maximum atomic E-state index is 10.4. The molecule has 10 heteroatoms. The molecule has 0 radical (unpaired) electrons. The van der Waals surface area contributed by atoms with Crippen LogP contribution in [0.1, 0.15) is 45.6 Å². The molecule has 8 N–H and O–H groups in total. The lowest BCUT2D eigenvalue weighted by atomic mass is 9.88. The Hall–Kier alpha value is -2.22. The van der Waals surface area contributed by atoms with Crippen molar-refractivity contribution in [3.8, 4) is 0 Å². The molecule has 2 aliphatic rings. The summed E-state index contributed by atoms with van der Waals surface area (Å²) in [6.07, 6.45) is -8.39. The fourth-order valence-electron chi connectivity index (χ4n) is 5.15.